The van der Waals surface area contributed by atoms with Gasteiger partial charge in [0.2, 0.25) is 0 Å². The van der Waals surface area contributed by atoms with Gasteiger partial charge in [0.15, 0.2) is 0 Å². The topological polar surface area (TPSA) is 147 Å². The van der Waals surface area contributed by atoms with Crippen LogP contribution >= 0.6 is 0 Å². The lowest BCUT2D eigenvalue weighted by atomic mass is 10.2. The Morgan fingerprint density at radius 2 is 0.885 bits per heavy atom. The Morgan fingerprint density at radius 1 is 0.558 bits per heavy atom. The van der Waals surface area contributed by atoms with Crippen LogP contribution in [0.2, 0.25) is 0 Å². The predicted octanol–water partition coefficient (Wildman–Crippen LogP) is 4.45. The minimum absolute atomic E-state index is 0.117. The molecule has 0 radical (unpaired) electrons. The van der Waals surface area contributed by atoms with Crippen LogP contribution in [0.15, 0.2) is 67.7 Å². The van der Waals surface area contributed by atoms with Gasteiger partial charge in [0.05, 0.1) is 21.8 Å². The molecule has 0 aliphatic carbocycles. The molecule has 0 fully saturated rings. The molecule has 2 amide bonds. The van der Waals surface area contributed by atoms with E-state index in [0.717, 1.165) is 0 Å². The highest BCUT2D eigenvalue weighted by atomic mass is 16.6. The van der Waals surface area contributed by atoms with Gasteiger partial charge in [-0.05, 0) is 91.5 Å². The summed E-state index contributed by atoms with van der Waals surface area (Å²) < 4.78 is 16.6. The number of carbonyl (C=O) groups excluding carboxylic acids is 2. The maximum absolute atomic E-state index is 13.2. The van der Waals surface area contributed by atoms with Crippen LogP contribution in [0.3, 0.4) is 0 Å². The first-order valence-electron chi connectivity index (χ1n) is 17.7. The summed E-state index contributed by atoms with van der Waals surface area (Å²) in [5, 5.41) is 0.880. The van der Waals surface area contributed by atoms with Crippen LogP contribution in [-0.2, 0) is 36.7 Å². The van der Waals surface area contributed by atoms with E-state index in [0.29, 0.717) is 60.6 Å². The van der Waals surface area contributed by atoms with Crippen LogP contribution in [0, 0.1) is 0 Å². The number of ether oxygens (including phenoxy) is 2. The summed E-state index contributed by atoms with van der Waals surface area (Å²) in [4.78, 5) is 81.9. The third-order valence-electron chi connectivity index (χ3n) is 8.55. The molecule has 2 aromatic heterocycles. The van der Waals surface area contributed by atoms with Crippen LogP contribution in [0.4, 0.5) is 9.59 Å². The zero-order chi connectivity index (χ0) is 38.4. The summed E-state index contributed by atoms with van der Waals surface area (Å²) >= 11 is 0. The number of unbranched alkanes of at least 4 members (excludes halogenated alkanes) is 1. The van der Waals surface area contributed by atoms with Gasteiger partial charge < -0.3 is 19.3 Å². The number of benzene rings is 2. The second-order valence-electron chi connectivity index (χ2n) is 15.0. The molecule has 4 rings (SSSR count). The number of fused-ring (bicyclic) bond motifs is 2. The van der Waals surface area contributed by atoms with E-state index in [4.69, 9.17) is 9.47 Å². The lowest BCUT2D eigenvalue weighted by Crippen LogP contribution is -2.42. The van der Waals surface area contributed by atoms with Crippen molar-refractivity contribution in [3.05, 3.63) is 90.2 Å². The molecular weight excluding hydrogens is 668 g/mol. The van der Waals surface area contributed by atoms with E-state index in [1.807, 2.05) is 0 Å². The molecule has 14 heteroatoms. The molecule has 0 spiro atoms. The molecule has 52 heavy (non-hydrogen) atoms. The molecule has 0 bridgehead atoms. The summed E-state index contributed by atoms with van der Waals surface area (Å²) in [7, 11) is 3.25. The highest BCUT2D eigenvalue weighted by molar-refractivity contribution is 5.78. The second-order valence-corrected chi connectivity index (χ2v) is 15.0. The van der Waals surface area contributed by atoms with E-state index >= 15 is 0 Å². The molecule has 4 aromatic rings. The Kier molecular flexibility index (Phi) is 12.6. The molecule has 0 unspecified atom stereocenters. The second kappa shape index (κ2) is 16.5. The first-order chi connectivity index (χ1) is 24.4. The van der Waals surface area contributed by atoms with Gasteiger partial charge in [-0.25, -0.2) is 19.2 Å². The summed E-state index contributed by atoms with van der Waals surface area (Å²) in [6.07, 6.45) is 0.673. The van der Waals surface area contributed by atoms with E-state index in [1.54, 1.807) is 114 Å². The average molecular weight is 721 g/mol. The van der Waals surface area contributed by atoms with Gasteiger partial charge in [-0.1, -0.05) is 24.3 Å². The largest absolute Gasteiger partial charge is 0.444 e. The Hall–Kier alpha value is -5.14. The van der Waals surface area contributed by atoms with Gasteiger partial charge >= 0.3 is 23.6 Å². The summed E-state index contributed by atoms with van der Waals surface area (Å²) in [5.74, 6) is 0. The quantitative estimate of drug-likeness (QED) is 0.184. The van der Waals surface area contributed by atoms with Crippen LogP contribution in [0.5, 0.6) is 0 Å². The molecule has 2 aromatic carbocycles. The normalized spacial score (nSPS) is 11.9. The molecular formula is C38H52N6O8. The highest BCUT2D eigenvalue weighted by Gasteiger charge is 2.24. The summed E-state index contributed by atoms with van der Waals surface area (Å²) in [6.45, 7) is 12.0. The zero-order valence-corrected chi connectivity index (χ0v) is 31.6. The number of hydrogen-bond donors (Lipinski definition) is 0. The fourth-order valence-electron chi connectivity index (χ4n) is 6.01. The van der Waals surface area contributed by atoms with Gasteiger partial charge in [-0.15, -0.1) is 0 Å². The monoisotopic (exact) mass is 720 g/mol. The third kappa shape index (κ3) is 9.80. The first kappa shape index (κ1) is 39.6. The van der Waals surface area contributed by atoms with Gasteiger partial charge in [-0.2, -0.15) is 0 Å². The Labute approximate surface area is 302 Å². The number of nitrogens with zero attached hydrogens (tertiary/aromatic N) is 6. The SMILES string of the molecule is Cn1c(=O)n(CCCN(CCCCN(CCCn2c(=O)c3ccccc3n(C)c2=O)C(=O)OC(C)(C)C)C(=O)OC(C)(C)C)c(=O)c2ccccc21. The fourth-order valence-corrected chi connectivity index (χ4v) is 6.01. The molecule has 0 N–H and O–H groups in total. The highest BCUT2D eigenvalue weighted by Crippen LogP contribution is 2.14. The van der Waals surface area contributed by atoms with E-state index < -0.39 is 34.8 Å². The Bertz CT molecular complexity index is 2000. The number of aromatic nitrogens is 4. The van der Waals surface area contributed by atoms with E-state index in [-0.39, 0.29) is 37.3 Å². The van der Waals surface area contributed by atoms with Crippen molar-refractivity contribution < 1.29 is 19.1 Å². The number of carbonyl (C=O) groups is 2. The van der Waals surface area contributed by atoms with Crippen molar-refractivity contribution >= 4 is 34.0 Å². The van der Waals surface area contributed by atoms with Crippen LogP contribution in [0.1, 0.15) is 67.2 Å². The maximum atomic E-state index is 13.2. The number of amides is 2. The number of aryl methyl sites for hydroxylation is 2. The molecule has 0 saturated carbocycles. The molecule has 14 nitrogen and oxygen atoms in total. The number of hydrogen-bond acceptors (Lipinski definition) is 8. The smallest absolute Gasteiger partial charge is 0.410 e. The maximum Gasteiger partial charge on any atom is 0.410 e. The molecule has 0 aliphatic rings. The van der Waals surface area contributed by atoms with Gasteiger partial charge in [0.25, 0.3) is 11.1 Å². The number of rotatable bonds is 13. The molecule has 0 aliphatic heterocycles. The van der Waals surface area contributed by atoms with Crippen molar-refractivity contribution in [2.45, 2.75) is 91.5 Å². The lowest BCUT2D eigenvalue weighted by Gasteiger charge is -2.29. The van der Waals surface area contributed by atoms with E-state index in [1.165, 1.54) is 18.3 Å². The molecule has 0 saturated heterocycles. The van der Waals surface area contributed by atoms with Crippen LogP contribution in [-0.4, -0.2) is 77.6 Å². The summed E-state index contributed by atoms with van der Waals surface area (Å²) in [6, 6.07) is 13.9. The van der Waals surface area contributed by atoms with Gasteiger partial charge in [-0.3, -0.25) is 27.9 Å². The first-order valence-corrected chi connectivity index (χ1v) is 17.7. The summed E-state index contributed by atoms with van der Waals surface area (Å²) in [5.41, 5.74) is -1.98. The Morgan fingerprint density at radius 3 is 1.23 bits per heavy atom. The predicted molar refractivity (Wildman–Crippen MR) is 201 cm³/mol. The third-order valence-corrected chi connectivity index (χ3v) is 8.55. The zero-order valence-electron chi connectivity index (χ0n) is 31.6. The Balaban J connectivity index is 1.42. The van der Waals surface area contributed by atoms with Crippen molar-refractivity contribution in [2.24, 2.45) is 14.1 Å². The van der Waals surface area contributed by atoms with E-state index in [9.17, 15) is 28.8 Å². The molecule has 2 heterocycles. The lowest BCUT2D eigenvalue weighted by molar-refractivity contribution is 0.0205. The van der Waals surface area contributed by atoms with Gasteiger partial charge in [0, 0.05) is 53.4 Å². The molecule has 282 valence electrons. The van der Waals surface area contributed by atoms with Crippen molar-refractivity contribution in [1.82, 2.24) is 28.1 Å². The number of para-hydroxylation sites is 2. The van der Waals surface area contributed by atoms with Crippen molar-refractivity contribution in [3.63, 3.8) is 0 Å². The van der Waals surface area contributed by atoms with Crippen molar-refractivity contribution in [3.8, 4) is 0 Å². The standard InChI is InChI=1S/C38H52N6O8/c1-37(2,3)51-35(49)41(23-15-25-43-31(45)27-17-9-11-19-29(27)39(7)33(43)47)21-13-14-22-42(36(50)52-38(4,5)6)24-16-26-44-32(46)28-18-10-12-20-30(28)40(8)34(44)48/h9-12,17-20H,13-16,21-26H2,1-8H3. The van der Waals surface area contributed by atoms with Crippen molar-refractivity contribution in [2.75, 3.05) is 26.2 Å². The minimum Gasteiger partial charge on any atom is -0.444 e. The van der Waals surface area contributed by atoms with Gasteiger partial charge in [0.1, 0.15) is 11.2 Å². The fraction of sp³-hybridized carbons (Fsp3) is 0.526. The average Bonchev–Trinajstić information content (AvgIpc) is 3.07. The van der Waals surface area contributed by atoms with E-state index in [2.05, 4.69) is 0 Å². The van der Waals surface area contributed by atoms with Crippen LogP contribution in [0.25, 0.3) is 21.8 Å². The van der Waals surface area contributed by atoms with Crippen LogP contribution < -0.4 is 22.5 Å². The minimum atomic E-state index is -0.734. The van der Waals surface area contributed by atoms with Crippen molar-refractivity contribution in [1.29, 1.82) is 0 Å². The molecule has 0 atom stereocenters.